The van der Waals surface area contributed by atoms with Crippen LogP contribution in [0.3, 0.4) is 0 Å². The monoisotopic (exact) mass is 252 g/mol. The van der Waals surface area contributed by atoms with Crippen LogP contribution in [0.5, 0.6) is 0 Å². The van der Waals surface area contributed by atoms with E-state index in [1.807, 2.05) is 12.1 Å². The minimum atomic E-state index is -0.392. The summed E-state index contributed by atoms with van der Waals surface area (Å²) < 4.78 is 6.18. The van der Waals surface area contributed by atoms with E-state index in [4.69, 9.17) is 4.74 Å². The fourth-order valence-corrected chi connectivity index (χ4v) is 2.46. The van der Waals surface area contributed by atoms with Gasteiger partial charge in [0.2, 0.25) is 0 Å². The molecule has 2 aromatic carbocycles. The molecule has 1 heteroatoms. The summed E-state index contributed by atoms with van der Waals surface area (Å²) in [7, 11) is 0. The highest BCUT2D eigenvalue weighted by molar-refractivity contribution is 5.36. The van der Waals surface area contributed by atoms with Crippen molar-refractivity contribution in [2.75, 3.05) is 6.61 Å². The number of rotatable bonds is 6. The van der Waals surface area contributed by atoms with Gasteiger partial charge in [-0.1, -0.05) is 73.7 Å². The molecule has 0 bridgehead atoms. The summed E-state index contributed by atoms with van der Waals surface area (Å²) in [6.07, 6.45) is 2.69. The Kier molecular flexibility index (Phi) is 4.53. The molecule has 0 radical (unpaired) electrons. The molecule has 0 aliphatic heterocycles. The highest BCUT2D eigenvalue weighted by Gasteiger charge is 2.32. The second-order valence-electron chi connectivity index (χ2n) is 4.51. The van der Waals surface area contributed by atoms with Crippen molar-refractivity contribution in [3.63, 3.8) is 0 Å². The third kappa shape index (κ3) is 2.77. The maximum Gasteiger partial charge on any atom is 0.118 e. The third-order valence-corrected chi connectivity index (χ3v) is 3.43. The van der Waals surface area contributed by atoms with Crippen molar-refractivity contribution in [3.8, 4) is 0 Å². The summed E-state index contributed by atoms with van der Waals surface area (Å²) in [6, 6.07) is 20.8. The van der Waals surface area contributed by atoms with Gasteiger partial charge in [0.05, 0.1) is 6.61 Å². The minimum absolute atomic E-state index is 0.392. The molecule has 0 saturated heterocycles. The smallest absolute Gasteiger partial charge is 0.118 e. The van der Waals surface area contributed by atoms with Crippen LogP contribution >= 0.6 is 0 Å². The molecule has 19 heavy (non-hydrogen) atoms. The largest absolute Gasteiger partial charge is 0.362 e. The van der Waals surface area contributed by atoms with E-state index in [9.17, 15) is 0 Å². The lowest BCUT2D eigenvalue weighted by atomic mass is 9.84. The van der Waals surface area contributed by atoms with Crippen LogP contribution in [0.1, 0.15) is 24.5 Å². The van der Waals surface area contributed by atoms with Crippen LogP contribution in [0, 0.1) is 0 Å². The minimum Gasteiger partial charge on any atom is -0.362 e. The summed E-state index contributed by atoms with van der Waals surface area (Å²) in [4.78, 5) is 0. The first-order valence-corrected chi connectivity index (χ1v) is 6.69. The highest BCUT2D eigenvalue weighted by Crippen LogP contribution is 2.36. The molecule has 0 fully saturated rings. The van der Waals surface area contributed by atoms with Crippen molar-refractivity contribution in [2.45, 2.75) is 18.9 Å². The highest BCUT2D eigenvalue weighted by atomic mass is 16.5. The molecule has 2 aromatic rings. The van der Waals surface area contributed by atoms with Gasteiger partial charge < -0.3 is 4.74 Å². The maximum absolute atomic E-state index is 6.18. The Morgan fingerprint density at radius 3 is 1.79 bits per heavy atom. The Hall–Kier alpha value is -1.86. The fraction of sp³-hybridized carbons (Fsp3) is 0.222. The molecule has 0 atom stereocenters. The van der Waals surface area contributed by atoms with Gasteiger partial charge in [0, 0.05) is 0 Å². The zero-order valence-electron chi connectivity index (χ0n) is 11.4. The van der Waals surface area contributed by atoms with Crippen molar-refractivity contribution in [1.29, 1.82) is 0 Å². The van der Waals surface area contributed by atoms with E-state index in [-0.39, 0.29) is 0 Å². The van der Waals surface area contributed by atoms with E-state index in [0.29, 0.717) is 6.61 Å². The number of hydrogen-bond donors (Lipinski definition) is 0. The van der Waals surface area contributed by atoms with Gasteiger partial charge in [0.1, 0.15) is 5.60 Å². The van der Waals surface area contributed by atoms with Crippen LogP contribution < -0.4 is 0 Å². The molecule has 0 aromatic heterocycles. The predicted octanol–water partition coefficient (Wildman–Crippen LogP) is 4.54. The lowest BCUT2D eigenvalue weighted by Crippen LogP contribution is -2.30. The van der Waals surface area contributed by atoms with E-state index in [1.54, 1.807) is 6.08 Å². The van der Waals surface area contributed by atoms with Crippen molar-refractivity contribution in [1.82, 2.24) is 0 Å². The Morgan fingerprint density at radius 1 is 0.947 bits per heavy atom. The van der Waals surface area contributed by atoms with Crippen molar-refractivity contribution >= 4 is 0 Å². The molecule has 0 heterocycles. The first-order valence-electron chi connectivity index (χ1n) is 6.69. The molecule has 0 spiro atoms. The molecule has 0 aliphatic carbocycles. The van der Waals surface area contributed by atoms with Gasteiger partial charge in [0.25, 0.3) is 0 Å². The van der Waals surface area contributed by atoms with Crippen LogP contribution in [0.2, 0.25) is 0 Å². The Bertz CT molecular complexity index is 462. The van der Waals surface area contributed by atoms with E-state index in [0.717, 1.165) is 6.42 Å². The zero-order chi connectivity index (χ0) is 13.6. The van der Waals surface area contributed by atoms with Crippen LogP contribution in [0.25, 0.3) is 0 Å². The van der Waals surface area contributed by atoms with Crippen LogP contribution in [0.4, 0.5) is 0 Å². The van der Waals surface area contributed by atoms with Gasteiger partial charge in [-0.25, -0.2) is 0 Å². The van der Waals surface area contributed by atoms with E-state index < -0.39 is 5.60 Å². The van der Waals surface area contributed by atoms with Crippen LogP contribution in [-0.2, 0) is 10.3 Å². The van der Waals surface area contributed by atoms with Crippen molar-refractivity contribution < 1.29 is 4.74 Å². The molecule has 2 rings (SSSR count). The number of benzene rings is 2. The van der Waals surface area contributed by atoms with Gasteiger partial charge in [0.15, 0.2) is 0 Å². The van der Waals surface area contributed by atoms with Gasteiger partial charge in [-0.2, -0.15) is 0 Å². The summed E-state index contributed by atoms with van der Waals surface area (Å²) in [5.74, 6) is 0. The van der Waals surface area contributed by atoms with Gasteiger partial charge >= 0.3 is 0 Å². The molecule has 98 valence electrons. The Morgan fingerprint density at radius 2 is 1.42 bits per heavy atom. The molecular formula is C18H20O. The quantitative estimate of drug-likeness (QED) is 0.686. The molecule has 0 N–H and O–H groups in total. The average molecular weight is 252 g/mol. The van der Waals surface area contributed by atoms with E-state index in [2.05, 4.69) is 62.0 Å². The molecule has 1 nitrogen and oxygen atoms in total. The van der Waals surface area contributed by atoms with Crippen LogP contribution in [0.15, 0.2) is 73.3 Å². The molecule has 0 unspecified atom stereocenters. The predicted molar refractivity (Wildman–Crippen MR) is 80.1 cm³/mol. The van der Waals surface area contributed by atoms with E-state index >= 15 is 0 Å². The van der Waals surface area contributed by atoms with Crippen LogP contribution in [-0.4, -0.2) is 6.61 Å². The topological polar surface area (TPSA) is 9.23 Å². The number of ether oxygens (including phenoxy) is 1. The maximum atomic E-state index is 6.18. The first-order chi connectivity index (χ1) is 9.33. The van der Waals surface area contributed by atoms with Crippen molar-refractivity contribution in [2.24, 2.45) is 0 Å². The fourth-order valence-electron chi connectivity index (χ4n) is 2.46. The first kappa shape index (κ1) is 13.6. The summed E-state index contributed by atoms with van der Waals surface area (Å²) in [6.45, 7) is 6.46. The molecule has 0 aliphatic rings. The normalized spacial score (nSPS) is 11.2. The molecular weight excluding hydrogens is 232 g/mol. The SMILES string of the molecule is C=CCOC(CC)(c1ccccc1)c1ccccc1. The molecule has 0 saturated carbocycles. The standard InChI is InChI=1S/C18H20O/c1-3-15-19-18(4-2,16-11-7-5-8-12-16)17-13-9-6-10-14-17/h3,5-14H,1,4,15H2,2H3. The Balaban J connectivity index is 2.51. The van der Waals surface area contributed by atoms with Gasteiger partial charge in [-0.3, -0.25) is 0 Å². The number of hydrogen-bond acceptors (Lipinski definition) is 1. The zero-order valence-corrected chi connectivity index (χ0v) is 11.4. The third-order valence-electron chi connectivity index (χ3n) is 3.43. The summed E-state index contributed by atoms with van der Waals surface area (Å²) in [5, 5.41) is 0. The average Bonchev–Trinajstić information content (AvgIpc) is 2.51. The second-order valence-corrected chi connectivity index (χ2v) is 4.51. The van der Waals surface area contributed by atoms with E-state index in [1.165, 1.54) is 11.1 Å². The lowest BCUT2D eigenvalue weighted by Gasteiger charge is -2.34. The Labute approximate surface area is 115 Å². The summed E-state index contributed by atoms with van der Waals surface area (Å²) >= 11 is 0. The molecule has 0 amide bonds. The van der Waals surface area contributed by atoms with Gasteiger partial charge in [-0.05, 0) is 17.5 Å². The van der Waals surface area contributed by atoms with Gasteiger partial charge in [-0.15, -0.1) is 6.58 Å². The van der Waals surface area contributed by atoms with Crippen molar-refractivity contribution in [3.05, 3.63) is 84.4 Å². The second kappa shape index (κ2) is 6.35. The summed E-state index contributed by atoms with van der Waals surface area (Å²) in [5.41, 5.74) is 1.98. The lowest BCUT2D eigenvalue weighted by molar-refractivity contribution is -0.00481.